The van der Waals surface area contributed by atoms with Gasteiger partial charge in [-0.1, -0.05) is 23.9 Å². The van der Waals surface area contributed by atoms with Crippen LogP contribution in [0.4, 0.5) is 0 Å². The number of nitrogens with one attached hydrogen (secondary N) is 1. The molecule has 0 radical (unpaired) electrons. The van der Waals surface area contributed by atoms with Crippen molar-refractivity contribution in [2.45, 2.75) is 42.3 Å². The average Bonchev–Trinajstić information content (AvgIpc) is 3.53. The fraction of sp³-hybridized carbons (Fsp3) is 0.600. The zero-order chi connectivity index (χ0) is 20.9. The van der Waals surface area contributed by atoms with Crippen LogP contribution in [0.15, 0.2) is 29.4 Å². The van der Waals surface area contributed by atoms with Crippen LogP contribution in [0.1, 0.15) is 37.4 Å². The van der Waals surface area contributed by atoms with Crippen molar-refractivity contribution in [3.63, 3.8) is 0 Å². The quantitative estimate of drug-likeness (QED) is 0.598. The standard InChI is InChI=1S/C20H28N6O3S/c1-14(30-20-22-23-24-26(20)16-5-6-16)19(27)21-13-18(25-9-11-29-12-10-25)15-3-7-17(28-2)8-4-15/h3-4,7-8,14,16,18H,5-6,9-13H2,1-2H3,(H,21,27). The van der Waals surface area contributed by atoms with E-state index in [4.69, 9.17) is 9.47 Å². The molecule has 1 saturated carbocycles. The number of thioether (sulfide) groups is 1. The van der Waals surface area contributed by atoms with Crippen LogP contribution in [0.2, 0.25) is 0 Å². The smallest absolute Gasteiger partial charge is 0.233 e. The van der Waals surface area contributed by atoms with Gasteiger partial charge in [0.1, 0.15) is 5.75 Å². The fourth-order valence-electron chi connectivity index (χ4n) is 3.54. The molecule has 4 rings (SSSR count). The van der Waals surface area contributed by atoms with Crippen molar-refractivity contribution in [3.8, 4) is 5.75 Å². The first-order valence-corrected chi connectivity index (χ1v) is 11.2. The predicted molar refractivity (Wildman–Crippen MR) is 113 cm³/mol. The van der Waals surface area contributed by atoms with E-state index in [9.17, 15) is 4.79 Å². The van der Waals surface area contributed by atoms with Gasteiger partial charge < -0.3 is 14.8 Å². The lowest BCUT2D eigenvalue weighted by Gasteiger charge is -2.35. The van der Waals surface area contributed by atoms with Crippen LogP contribution >= 0.6 is 11.8 Å². The molecule has 2 aliphatic rings. The van der Waals surface area contributed by atoms with E-state index in [0.29, 0.717) is 31.0 Å². The summed E-state index contributed by atoms with van der Waals surface area (Å²) in [5.74, 6) is 0.805. The number of tetrazole rings is 1. The molecule has 1 aliphatic carbocycles. The monoisotopic (exact) mass is 432 g/mol. The summed E-state index contributed by atoms with van der Waals surface area (Å²) < 4.78 is 12.6. The first kappa shape index (κ1) is 21.1. The number of ether oxygens (including phenoxy) is 2. The Labute approximate surface area is 180 Å². The molecule has 10 heteroatoms. The maximum absolute atomic E-state index is 12.8. The predicted octanol–water partition coefficient (Wildman–Crippen LogP) is 1.69. The second-order valence-electron chi connectivity index (χ2n) is 7.58. The van der Waals surface area contributed by atoms with Crippen LogP contribution in [0.5, 0.6) is 5.75 Å². The summed E-state index contributed by atoms with van der Waals surface area (Å²) in [5, 5.41) is 15.5. The van der Waals surface area contributed by atoms with Gasteiger partial charge in [-0.2, -0.15) is 0 Å². The summed E-state index contributed by atoms with van der Waals surface area (Å²) in [5.41, 5.74) is 1.15. The Morgan fingerprint density at radius 2 is 2.03 bits per heavy atom. The lowest BCUT2D eigenvalue weighted by molar-refractivity contribution is -0.120. The average molecular weight is 433 g/mol. The van der Waals surface area contributed by atoms with Crippen LogP contribution in [0.25, 0.3) is 0 Å². The van der Waals surface area contributed by atoms with Gasteiger partial charge in [-0.05, 0) is 47.9 Å². The normalized spacial score (nSPS) is 19.3. The van der Waals surface area contributed by atoms with E-state index in [1.165, 1.54) is 11.8 Å². The lowest BCUT2D eigenvalue weighted by atomic mass is 10.0. The molecule has 2 atom stereocenters. The number of amides is 1. The van der Waals surface area contributed by atoms with Crippen molar-refractivity contribution in [2.24, 2.45) is 0 Å². The van der Waals surface area contributed by atoms with E-state index < -0.39 is 0 Å². The maximum atomic E-state index is 12.8. The number of morpholine rings is 1. The largest absolute Gasteiger partial charge is 0.497 e. The van der Waals surface area contributed by atoms with Crippen LogP contribution in [-0.2, 0) is 9.53 Å². The van der Waals surface area contributed by atoms with E-state index >= 15 is 0 Å². The molecular formula is C20H28N6O3S. The number of methoxy groups -OCH3 is 1. The highest BCUT2D eigenvalue weighted by molar-refractivity contribution is 8.00. The van der Waals surface area contributed by atoms with Crippen molar-refractivity contribution in [1.29, 1.82) is 0 Å². The third-order valence-corrected chi connectivity index (χ3v) is 6.51. The van der Waals surface area contributed by atoms with Crippen molar-refractivity contribution in [2.75, 3.05) is 40.0 Å². The second kappa shape index (κ2) is 9.76. The van der Waals surface area contributed by atoms with Gasteiger partial charge in [0.15, 0.2) is 0 Å². The van der Waals surface area contributed by atoms with E-state index in [2.05, 4.69) is 37.9 Å². The molecule has 1 N–H and O–H groups in total. The third kappa shape index (κ3) is 5.11. The van der Waals surface area contributed by atoms with E-state index in [0.717, 1.165) is 37.2 Å². The van der Waals surface area contributed by atoms with E-state index in [1.54, 1.807) is 7.11 Å². The Hall–Kier alpha value is -2.17. The van der Waals surface area contributed by atoms with Gasteiger partial charge in [0, 0.05) is 19.6 Å². The Morgan fingerprint density at radius 1 is 1.30 bits per heavy atom. The molecule has 0 bridgehead atoms. The lowest BCUT2D eigenvalue weighted by Crippen LogP contribution is -2.44. The number of benzene rings is 1. The molecule has 1 aromatic heterocycles. The SMILES string of the molecule is COc1ccc(C(CNC(=O)C(C)Sc2nnnn2C2CC2)N2CCOCC2)cc1. The summed E-state index contributed by atoms with van der Waals surface area (Å²) in [4.78, 5) is 15.2. The second-order valence-corrected chi connectivity index (χ2v) is 8.89. The van der Waals surface area contributed by atoms with E-state index in [-0.39, 0.29) is 17.2 Å². The number of carbonyl (C=O) groups excluding carboxylic acids is 1. The first-order chi connectivity index (χ1) is 14.7. The summed E-state index contributed by atoms with van der Waals surface area (Å²) in [7, 11) is 1.66. The molecule has 2 aromatic rings. The number of carbonyl (C=O) groups is 1. The highest BCUT2D eigenvalue weighted by Crippen LogP contribution is 2.37. The maximum Gasteiger partial charge on any atom is 0.233 e. The van der Waals surface area contributed by atoms with Gasteiger partial charge in [0.25, 0.3) is 0 Å². The molecule has 30 heavy (non-hydrogen) atoms. The van der Waals surface area contributed by atoms with Gasteiger partial charge in [0.05, 0.1) is 37.7 Å². The molecule has 1 saturated heterocycles. The molecule has 2 unspecified atom stereocenters. The van der Waals surface area contributed by atoms with Crippen LogP contribution < -0.4 is 10.1 Å². The van der Waals surface area contributed by atoms with Crippen LogP contribution in [0, 0.1) is 0 Å². The molecule has 9 nitrogen and oxygen atoms in total. The highest BCUT2D eigenvalue weighted by Gasteiger charge is 2.30. The number of rotatable bonds is 9. The first-order valence-electron chi connectivity index (χ1n) is 10.3. The Balaban J connectivity index is 1.39. The van der Waals surface area contributed by atoms with Crippen LogP contribution in [-0.4, -0.2) is 76.2 Å². The Kier molecular flexibility index (Phi) is 6.86. The highest BCUT2D eigenvalue weighted by atomic mass is 32.2. The Bertz CT molecular complexity index is 835. The minimum Gasteiger partial charge on any atom is -0.497 e. The number of aromatic nitrogens is 4. The molecule has 1 amide bonds. The van der Waals surface area contributed by atoms with Crippen molar-refractivity contribution in [1.82, 2.24) is 30.4 Å². The van der Waals surface area contributed by atoms with Gasteiger partial charge >= 0.3 is 0 Å². The van der Waals surface area contributed by atoms with Crippen molar-refractivity contribution >= 4 is 17.7 Å². The summed E-state index contributed by atoms with van der Waals surface area (Å²) in [6.45, 7) is 5.51. The summed E-state index contributed by atoms with van der Waals surface area (Å²) in [6.07, 6.45) is 2.20. The molecule has 2 fully saturated rings. The fourth-order valence-corrected chi connectivity index (χ4v) is 4.42. The number of nitrogens with zero attached hydrogens (tertiary/aromatic N) is 5. The minimum absolute atomic E-state index is 0.0166. The van der Waals surface area contributed by atoms with Crippen molar-refractivity contribution in [3.05, 3.63) is 29.8 Å². The van der Waals surface area contributed by atoms with Gasteiger partial charge in [-0.3, -0.25) is 9.69 Å². The third-order valence-electron chi connectivity index (χ3n) is 5.46. The molecule has 2 heterocycles. The summed E-state index contributed by atoms with van der Waals surface area (Å²) in [6, 6.07) is 8.51. The topological polar surface area (TPSA) is 94.4 Å². The zero-order valence-corrected chi connectivity index (χ0v) is 18.2. The van der Waals surface area contributed by atoms with Gasteiger partial charge in [0.2, 0.25) is 11.1 Å². The number of hydrogen-bond acceptors (Lipinski definition) is 8. The van der Waals surface area contributed by atoms with E-state index in [1.807, 2.05) is 23.7 Å². The summed E-state index contributed by atoms with van der Waals surface area (Å²) >= 11 is 1.41. The van der Waals surface area contributed by atoms with Crippen LogP contribution in [0.3, 0.4) is 0 Å². The molecule has 0 spiro atoms. The van der Waals surface area contributed by atoms with Gasteiger partial charge in [-0.25, -0.2) is 4.68 Å². The molecule has 1 aliphatic heterocycles. The van der Waals surface area contributed by atoms with Crippen molar-refractivity contribution < 1.29 is 14.3 Å². The molecule has 162 valence electrons. The minimum atomic E-state index is -0.283. The zero-order valence-electron chi connectivity index (χ0n) is 17.4. The molecule has 1 aromatic carbocycles. The molecular weight excluding hydrogens is 404 g/mol. The number of hydrogen-bond donors (Lipinski definition) is 1. The Morgan fingerprint density at radius 3 is 2.70 bits per heavy atom. The van der Waals surface area contributed by atoms with Gasteiger partial charge in [-0.15, -0.1) is 5.10 Å².